The standard InChI is InChI=1S/C18H18ClFN2O2/c1-11(2)21-18(24)16(12-7-4-3-5-8-12)22-17(23)15-13(19)9-6-10-14(15)20/h3-11,16H,1-2H3,(H,21,24)(H,22,23)/t16-/m0/s1. The van der Waals surface area contributed by atoms with Crippen molar-refractivity contribution in [3.8, 4) is 0 Å². The molecule has 126 valence electrons. The van der Waals surface area contributed by atoms with Gasteiger partial charge in [0.2, 0.25) is 5.91 Å². The summed E-state index contributed by atoms with van der Waals surface area (Å²) in [4.78, 5) is 24.9. The number of hydrogen-bond acceptors (Lipinski definition) is 2. The largest absolute Gasteiger partial charge is 0.352 e. The Kier molecular flexibility index (Phi) is 5.93. The number of benzene rings is 2. The molecule has 0 saturated carbocycles. The Balaban J connectivity index is 2.31. The summed E-state index contributed by atoms with van der Waals surface area (Å²) in [5.41, 5.74) is 0.314. The van der Waals surface area contributed by atoms with Crippen molar-refractivity contribution in [3.05, 3.63) is 70.5 Å². The topological polar surface area (TPSA) is 58.2 Å². The van der Waals surface area contributed by atoms with Crippen LogP contribution >= 0.6 is 11.6 Å². The summed E-state index contributed by atoms with van der Waals surface area (Å²) in [7, 11) is 0. The molecule has 0 radical (unpaired) electrons. The smallest absolute Gasteiger partial charge is 0.256 e. The van der Waals surface area contributed by atoms with E-state index < -0.39 is 17.8 Å². The molecular formula is C18H18ClFN2O2. The molecule has 0 unspecified atom stereocenters. The molecule has 2 N–H and O–H groups in total. The Labute approximate surface area is 145 Å². The SMILES string of the molecule is CC(C)NC(=O)[C@@H](NC(=O)c1c(F)cccc1Cl)c1ccccc1. The number of carbonyl (C=O) groups excluding carboxylic acids is 2. The molecule has 4 nitrogen and oxygen atoms in total. The molecule has 24 heavy (non-hydrogen) atoms. The highest BCUT2D eigenvalue weighted by Crippen LogP contribution is 2.21. The lowest BCUT2D eigenvalue weighted by molar-refractivity contribution is -0.123. The summed E-state index contributed by atoms with van der Waals surface area (Å²) in [6.45, 7) is 3.63. The highest BCUT2D eigenvalue weighted by molar-refractivity contribution is 6.33. The Morgan fingerprint density at radius 2 is 1.67 bits per heavy atom. The Morgan fingerprint density at radius 3 is 2.25 bits per heavy atom. The van der Waals surface area contributed by atoms with Gasteiger partial charge in [0.15, 0.2) is 0 Å². The van der Waals surface area contributed by atoms with Gasteiger partial charge in [-0.25, -0.2) is 4.39 Å². The fraction of sp³-hybridized carbons (Fsp3) is 0.222. The number of rotatable bonds is 5. The minimum Gasteiger partial charge on any atom is -0.352 e. The van der Waals surface area contributed by atoms with Crippen LogP contribution in [0.5, 0.6) is 0 Å². The monoisotopic (exact) mass is 348 g/mol. The second-order valence-electron chi connectivity index (χ2n) is 5.58. The maximum Gasteiger partial charge on any atom is 0.256 e. The fourth-order valence-electron chi connectivity index (χ4n) is 2.23. The first kappa shape index (κ1) is 17.9. The lowest BCUT2D eigenvalue weighted by Gasteiger charge is -2.20. The molecule has 0 saturated heterocycles. The number of carbonyl (C=O) groups is 2. The van der Waals surface area contributed by atoms with Crippen LogP contribution in [0.1, 0.15) is 35.8 Å². The lowest BCUT2D eigenvalue weighted by atomic mass is 10.0. The third kappa shape index (κ3) is 4.32. The van der Waals surface area contributed by atoms with Gasteiger partial charge >= 0.3 is 0 Å². The van der Waals surface area contributed by atoms with Crippen molar-refractivity contribution < 1.29 is 14.0 Å². The van der Waals surface area contributed by atoms with Crippen LogP contribution in [-0.4, -0.2) is 17.9 Å². The summed E-state index contributed by atoms with van der Waals surface area (Å²) in [6.07, 6.45) is 0. The zero-order valence-electron chi connectivity index (χ0n) is 13.3. The zero-order valence-corrected chi connectivity index (χ0v) is 14.1. The fourth-order valence-corrected chi connectivity index (χ4v) is 2.48. The van der Waals surface area contributed by atoms with E-state index in [1.807, 2.05) is 13.8 Å². The summed E-state index contributed by atoms with van der Waals surface area (Å²) in [6, 6.07) is 11.7. The molecule has 2 aromatic carbocycles. The first-order valence-electron chi connectivity index (χ1n) is 7.50. The van der Waals surface area contributed by atoms with Gasteiger partial charge in [-0.05, 0) is 31.5 Å². The molecule has 0 aromatic heterocycles. The molecule has 0 aliphatic carbocycles. The van der Waals surface area contributed by atoms with E-state index in [-0.39, 0.29) is 22.5 Å². The molecule has 6 heteroatoms. The van der Waals surface area contributed by atoms with Gasteiger partial charge in [-0.3, -0.25) is 9.59 Å². The summed E-state index contributed by atoms with van der Waals surface area (Å²) in [5, 5.41) is 5.30. The van der Waals surface area contributed by atoms with E-state index in [0.717, 1.165) is 6.07 Å². The van der Waals surface area contributed by atoms with Crippen LogP contribution in [0.2, 0.25) is 5.02 Å². The normalized spacial score (nSPS) is 11.9. The van der Waals surface area contributed by atoms with Gasteiger partial charge in [0, 0.05) is 6.04 Å². The molecule has 0 bridgehead atoms. The molecule has 2 aromatic rings. The van der Waals surface area contributed by atoms with Gasteiger partial charge < -0.3 is 10.6 Å². The summed E-state index contributed by atoms with van der Waals surface area (Å²) >= 11 is 5.92. The van der Waals surface area contributed by atoms with Gasteiger partial charge in [-0.2, -0.15) is 0 Å². The van der Waals surface area contributed by atoms with E-state index in [1.54, 1.807) is 30.3 Å². The van der Waals surface area contributed by atoms with Crippen LogP contribution in [0.3, 0.4) is 0 Å². The van der Waals surface area contributed by atoms with Gasteiger partial charge in [0.25, 0.3) is 5.91 Å². The van der Waals surface area contributed by atoms with Gasteiger partial charge in [0.1, 0.15) is 11.9 Å². The van der Waals surface area contributed by atoms with E-state index in [9.17, 15) is 14.0 Å². The molecular weight excluding hydrogens is 331 g/mol. The van der Waals surface area contributed by atoms with E-state index in [4.69, 9.17) is 11.6 Å². The molecule has 0 fully saturated rings. The molecule has 2 rings (SSSR count). The Morgan fingerprint density at radius 1 is 1.00 bits per heavy atom. The van der Waals surface area contributed by atoms with Crippen molar-refractivity contribution in [3.63, 3.8) is 0 Å². The van der Waals surface area contributed by atoms with Gasteiger partial charge in [-0.1, -0.05) is 48.0 Å². The van der Waals surface area contributed by atoms with Crippen molar-refractivity contribution in [1.29, 1.82) is 0 Å². The minimum absolute atomic E-state index is 0.0106. The zero-order chi connectivity index (χ0) is 17.7. The highest BCUT2D eigenvalue weighted by Gasteiger charge is 2.26. The Hall–Kier alpha value is -2.40. The average molecular weight is 349 g/mol. The number of hydrogen-bond donors (Lipinski definition) is 2. The molecule has 0 spiro atoms. The van der Waals surface area contributed by atoms with Crippen LogP contribution in [0.25, 0.3) is 0 Å². The van der Waals surface area contributed by atoms with Crippen molar-refractivity contribution in [2.75, 3.05) is 0 Å². The van der Waals surface area contributed by atoms with Crippen LogP contribution < -0.4 is 10.6 Å². The summed E-state index contributed by atoms with van der Waals surface area (Å²) in [5.74, 6) is -1.86. The second kappa shape index (κ2) is 7.93. The Bertz CT molecular complexity index is 715. The van der Waals surface area contributed by atoms with Crippen molar-refractivity contribution >= 4 is 23.4 Å². The van der Waals surface area contributed by atoms with E-state index in [0.29, 0.717) is 5.56 Å². The second-order valence-corrected chi connectivity index (χ2v) is 5.98. The molecule has 0 aliphatic heterocycles. The first-order valence-corrected chi connectivity index (χ1v) is 7.88. The van der Waals surface area contributed by atoms with Gasteiger partial charge in [0.05, 0.1) is 10.6 Å². The van der Waals surface area contributed by atoms with Crippen LogP contribution in [0, 0.1) is 5.82 Å². The minimum atomic E-state index is -0.947. The van der Waals surface area contributed by atoms with Crippen LogP contribution in [0.4, 0.5) is 4.39 Å². The third-order valence-corrected chi connectivity index (χ3v) is 3.61. The van der Waals surface area contributed by atoms with Crippen molar-refractivity contribution in [1.82, 2.24) is 10.6 Å². The molecule has 2 amide bonds. The molecule has 0 heterocycles. The maximum atomic E-state index is 13.9. The predicted octanol–water partition coefficient (Wildman–Crippen LogP) is 3.47. The van der Waals surface area contributed by atoms with Crippen LogP contribution in [-0.2, 0) is 4.79 Å². The third-order valence-electron chi connectivity index (χ3n) is 3.29. The molecule has 1 atom stereocenters. The summed E-state index contributed by atoms with van der Waals surface area (Å²) < 4.78 is 13.9. The number of nitrogens with one attached hydrogen (secondary N) is 2. The van der Waals surface area contributed by atoms with Crippen molar-refractivity contribution in [2.24, 2.45) is 0 Å². The van der Waals surface area contributed by atoms with Gasteiger partial charge in [-0.15, -0.1) is 0 Å². The number of halogens is 2. The maximum absolute atomic E-state index is 13.9. The predicted molar refractivity (Wildman–Crippen MR) is 91.3 cm³/mol. The van der Waals surface area contributed by atoms with Crippen LogP contribution in [0.15, 0.2) is 48.5 Å². The van der Waals surface area contributed by atoms with Crippen molar-refractivity contribution in [2.45, 2.75) is 25.9 Å². The molecule has 0 aliphatic rings. The average Bonchev–Trinajstić information content (AvgIpc) is 2.52. The number of amides is 2. The van der Waals surface area contributed by atoms with E-state index in [2.05, 4.69) is 10.6 Å². The first-order chi connectivity index (χ1) is 11.4. The quantitative estimate of drug-likeness (QED) is 0.869. The van der Waals surface area contributed by atoms with E-state index >= 15 is 0 Å². The van der Waals surface area contributed by atoms with E-state index in [1.165, 1.54) is 12.1 Å². The lowest BCUT2D eigenvalue weighted by Crippen LogP contribution is -2.43. The highest BCUT2D eigenvalue weighted by atomic mass is 35.5.